The van der Waals surface area contributed by atoms with E-state index in [1.165, 1.54) is 12.1 Å². The summed E-state index contributed by atoms with van der Waals surface area (Å²) in [6.07, 6.45) is -0.0900. The summed E-state index contributed by atoms with van der Waals surface area (Å²) in [7, 11) is 0. The summed E-state index contributed by atoms with van der Waals surface area (Å²) in [5.74, 6) is -1.98. The molecule has 0 fully saturated rings. The van der Waals surface area contributed by atoms with E-state index in [0.29, 0.717) is 23.2 Å². The number of carboxylic acids is 1. The molecule has 2 rings (SSSR count). The smallest absolute Gasteiger partial charge is 0.307 e. The van der Waals surface area contributed by atoms with Crippen LogP contribution in [0, 0.1) is 5.82 Å². The van der Waals surface area contributed by atoms with Crippen molar-refractivity contribution in [2.45, 2.75) is 13.3 Å². The molecule has 22 heavy (non-hydrogen) atoms. The Balaban J connectivity index is 2.32. The molecule has 0 unspecified atom stereocenters. The van der Waals surface area contributed by atoms with Gasteiger partial charge in [0.05, 0.1) is 12.0 Å². The molecule has 5 heteroatoms. The van der Waals surface area contributed by atoms with Gasteiger partial charge in [0.1, 0.15) is 5.82 Å². The van der Waals surface area contributed by atoms with Crippen molar-refractivity contribution in [2.75, 3.05) is 6.54 Å². The first-order valence-electron chi connectivity index (χ1n) is 6.90. The average molecular weight is 301 g/mol. The van der Waals surface area contributed by atoms with Crippen molar-refractivity contribution in [1.82, 2.24) is 5.32 Å². The van der Waals surface area contributed by atoms with E-state index in [9.17, 15) is 14.0 Å². The largest absolute Gasteiger partial charge is 0.481 e. The Morgan fingerprint density at radius 3 is 2.50 bits per heavy atom. The number of carbonyl (C=O) groups excluding carboxylic acids is 1. The summed E-state index contributed by atoms with van der Waals surface area (Å²) in [6.45, 7) is 2.19. The van der Waals surface area contributed by atoms with Crippen molar-refractivity contribution in [3.8, 4) is 11.1 Å². The Kier molecular flexibility index (Phi) is 4.88. The van der Waals surface area contributed by atoms with Crippen LogP contribution in [0.25, 0.3) is 11.1 Å². The minimum atomic E-state index is -0.921. The number of hydrogen-bond donors (Lipinski definition) is 2. The molecule has 2 N–H and O–H groups in total. The molecule has 0 atom stereocenters. The lowest BCUT2D eigenvalue weighted by Crippen LogP contribution is -2.23. The third-order valence-corrected chi connectivity index (χ3v) is 3.17. The van der Waals surface area contributed by atoms with Crippen LogP contribution in [0.2, 0.25) is 0 Å². The van der Waals surface area contributed by atoms with Gasteiger partial charge < -0.3 is 10.4 Å². The summed E-state index contributed by atoms with van der Waals surface area (Å²) < 4.78 is 14.1. The molecular formula is C17H16FNO3. The third-order valence-electron chi connectivity index (χ3n) is 3.17. The number of amides is 1. The third kappa shape index (κ3) is 3.69. The quantitative estimate of drug-likeness (QED) is 0.892. The van der Waals surface area contributed by atoms with Crippen LogP contribution >= 0.6 is 0 Å². The molecule has 2 aromatic rings. The highest BCUT2D eigenvalue weighted by molar-refractivity contribution is 5.95. The van der Waals surface area contributed by atoms with Crippen LogP contribution in [0.1, 0.15) is 22.8 Å². The normalized spacial score (nSPS) is 10.3. The van der Waals surface area contributed by atoms with E-state index in [1.54, 1.807) is 37.3 Å². The monoisotopic (exact) mass is 301 g/mol. The van der Waals surface area contributed by atoms with Crippen molar-refractivity contribution in [3.05, 3.63) is 59.4 Å². The van der Waals surface area contributed by atoms with Crippen LogP contribution in [-0.2, 0) is 11.2 Å². The second kappa shape index (κ2) is 6.85. The second-order valence-corrected chi connectivity index (χ2v) is 4.82. The summed E-state index contributed by atoms with van der Waals surface area (Å²) in [5, 5.41) is 11.4. The Morgan fingerprint density at radius 2 is 1.86 bits per heavy atom. The van der Waals surface area contributed by atoms with Gasteiger partial charge in [-0.25, -0.2) is 4.39 Å². The first-order chi connectivity index (χ1) is 10.5. The molecule has 114 valence electrons. The molecule has 0 saturated carbocycles. The van der Waals surface area contributed by atoms with E-state index in [1.807, 2.05) is 0 Å². The highest BCUT2D eigenvalue weighted by Gasteiger charge is 2.12. The van der Waals surface area contributed by atoms with Crippen molar-refractivity contribution < 1.29 is 19.1 Å². The number of carbonyl (C=O) groups is 2. The minimum Gasteiger partial charge on any atom is -0.481 e. The molecule has 0 aliphatic carbocycles. The number of rotatable bonds is 5. The molecule has 0 aliphatic heterocycles. The zero-order valence-electron chi connectivity index (χ0n) is 12.1. The molecule has 1 amide bonds. The molecule has 0 bridgehead atoms. The second-order valence-electron chi connectivity index (χ2n) is 4.82. The lowest BCUT2D eigenvalue weighted by Gasteiger charge is -2.08. The van der Waals surface area contributed by atoms with E-state index in [2.05, 4.69) is 5.32 Å². The lowest BCUT2D eigenvalue weighted by molar-refractivity contribution is -0.136. The standard InChI is InChI=1S/C17H16FNO3/c1-2-19-17(22)14-7-6-13(10-15(14)18)12-5-3-4-11(8-12)9-16(20)21/h3-8,10H,2,9H2,1H3,(H,19,22)(H,20,21). The fourth-order valence-corrected chi connectivity index (χ4v) is 2.17. The highest BCUT2D eigenvalue weighted by atomic mass is 19.1. The summed E-state index contributed by atoms with van der Waals surface area (Å²) in [4.78, 5) is 22.4. The lowest BCUT2D eigenvalue weighted by atomic mass is 10.00. The van der Waals surface area contributed by atoms with Gasteiger partial charge in [-0.15, -0.1) is 0 Å². The molecule has 2 aromatic carbocycles. The fraction of sp³-hybridized carbons (Fsp3) is 0.176. The molecule has 0 saturated heterocycles. The van der Waals surface area contributed by atoms with Crippen molar-refractivity contribution in [1.29, 1.82) is 0 Å². The molecule has 0 heterocycles. The Hall–Kier alpha value is -2.69. The van der Waals surface area contributed by atoms with Crippen molar-refractivity contribution >= 4 is 11.9 Å². The molecule has 0 spiro atoms. The van der Waals surface area contributed by atoms with Gasteiger partial charge in [0.25, 0.3) is 5.91 Å². The Labute approximate surface area is 127 Å². The maximum absolute atomic E-state index is 14.1. The Bertz CT molecular complexity index is 713. The fourth-order valence-electron chi connectivity index (χ4n) is 2.17. The minimum absolute atomic E-state index is 0.00714. The summed E-state index contributed by atoms with van der Waals surface area (Å²) in [5.41, 5.74) is 1.93. The number of benzene rings is 2. The molecular weight excluding hydrogens is 285 g/mol. The number of aliphatic carboxylic acids is 1. The van der Waals surface area contributed by atoms with Gasteiger partial charge in [0.15, 0.2) is 0 Å². The zero-order chi connectivity index (χ0) is 16.1. The van der Waals surface area contributed by atoms with Crippen LogP contribution in [0.5, 0.6) is 0 Å². The SMILES string of the molecule is CCNC(=O)c1ccc(-c2cccc(CC(=O)O)c2)cc1F. The van der Waals surface area contributed by atoms with Crippen LogP contribution < -0.4 is 5.32 Å². The molecule has 0 aromatic heterocycles. The Morgan fingerprint density at radius 1 is 1.14 bits per heavy atom. The predicted molar refractivity (Wildman–Crippen MR) is 81.2 cm³/mol. The summed E-state index contributed by atoms with van der Waals surface area (Å²) in [6, 6.07) is 11.3. The van der Waals surface area contributed by atoms with Crippen molar-refractivity contribution in [3.63, 3.8) is 0 Å². The highest BCUT2D eigenvalue weighted by Crippen LogP contribution is 2.23. The first-order valence-corrected chi connectivity index (χ1v) is 6.90. The van der Waals surface area contributed by atoms with Gasteiger partial charge in [0, 0.05) is 6.54 Å². The van der Waals surface area contributed by atoms with Crippen LogP contribution in [0.3, 0.4) is 0 Å². The van der Waals surface area contributed by atoms with Gasteiger partial charge in [0.2, 0.25) is 0 Å². The van der Waals surface area contributed by atoms with E-state index < -0.39 is 17.7 Å². The van der Waals surface area contributed by atoms with Gasteiger partial charge in [-0.1, -0.05) is 30.3 Å². The number of carboxylic acid groups (broad SMARTS) is 1. The molecule has 0 aliphatic rings. The van der Waals surface area contributed by atoms with Crippen LogP contribution in [-0.4, -0.2) is 23.5 Å². The molecule has 0 radical (unpaired) electrons. The zero-order valence-corrected chi connectivity index (χ0v) is 12.1. The number of hydrogen-bond acceptors (Lipinski definition) is 2. The number of halogens is 1. The first kappa shape index (κ1) is 15.7. The topological polar surface area (TPSA) is 66.4 Å². The van der Waals surface area contributed by atoms with Gasteiger partial charge in [-0.05, 0) is 35.7 Å². The molecule has 4 nitrogen and oxygen atoms in total. The van der Waals surface area contributed by atoms with E-state index in [4.69, 9.17) is 5.11 Å². The van der Waals surface area contributed by atoms with Crippen LogP contribution in [0.15, 0.2) is 42.5 Å². The maximum atomic E-state index is 14.1. The average Bonchev–Trinajstić information content (AvgIpc) is 2.47. The number of nitrogens with one attached hydrogen (secondary N) is 1. The van der Waals surface area contributed by atoms with Gasteiger partial charge in [-0.3, -0.25) is 9.59 Å². The van der Waals surface area contributed by atoms with Gasteiger partial charge in [-0.2, -0.15) is 0 Å². The predicted octanol–water partition coefficient (Wildman–Crippen LogP) is 2.87. The van der Waals surface area contributed by atoms with E-state index in [0.717, 1.165) is 0 Å². The van der Waals surface area contributed by atoms with Crippen molar-refractivity contribution in [2.24, 2.45) is 0 Å². The van der Waals surface area contributed by atoms with E-state index in [-0.39, 0.29) is 12.0 Å². The van der Waals surface area contributed by atoms with Crippen LogP contribution in [0.4, 0.5) is 4.39 Å². The maximum Gasteiger partial charge on any atom is 0.307 e. The van der Waals surface area contributed by atoms with Gasteiger partial charge >= 0.3 is 5.97 Å². The summed E-state index contributed by atoms with van der Waals surface area (Å²) >= 11 is 0. The van der Waals surface area contributed by atoms with E-state index >= 15 is 0 Å².